The first-order valence-electron chi connectivity index (χ1n) is 6.43. The van der Waals surface area contributed by atoms with E-state index in [9.17, 15) is 0 Å². The van der Waals surface area contributed by atoms with Gasteiger partial charge in [0.25, 0.3) is 0 Å². The molecule has 1 fully saturated rings. The summed E-state index contributed by atoms with van der Waals surface area (Å²) in [5.74, 6) is 0.761. The van der Waals surface area contributed by atoms with Gasteiger partial charge in [-0.15, -0.1) is 0 Å². The maximum atomic E-state index is 8.98. The Hall–Kier alpha value is -1.31. The number of hydrogen-bond donors (Lipinski definition) is 0. The number of likely N-dealkylation sites (N-methyl/N-ethyl adjacent to an activating group) is 2. The number of rotatable bonds is 4. The summed E-state index contributed by atoms with van der Waals surface area (Å²) in [5, 5.41) is 9.35. The molecule has 4 nitrogen and oxygen atoms in total. The Morgan fingerprint density at radius 3 is 2.53 bits per heavy atom. The molecule has 19 heavy (non-hydrogen) atoms. The molecule has 0 radical (unpaired) electrons. The second kappa shape index (κ2) is 5.36. The Morgan fingerprint density at radius 2 is 2.05 bits per heavy atom. The zero-order valence-electron chi connectivity index (χ0n) is 11.6. The Morgan fingerprint density at radius 1 is 1.37 bits per heavy atom. The maximum absolute atomic E-state index is 8.98. The van der Waals surface area contributed by atoms with E-state index < -0.39 is 0 Å². The number of hydrogen-bond acceptors (Lipinski definition) is 4. The first-order valence-corrected chi connectivity index (χ1v) is 6.81. The number of aromatic nitrogens is 1. The largest absolute Gasteiger partial charge is 0.358 e. The molecule has 5 heteroatoms. The number of nitrogens with zero attached hydrogens (tertiary/aromatic N) is 4. The van der Waals surface area contributed by atoms with Crippen LogP contribution in [0.5, 0.6) is 0 Å². The molecule has 1 aromatic rings. The van der Waals surface area contributed by atoms with Gasteiger partial charge in [-0.3, -0.25) is 0 Å². The van der Waals surface area contributed by atoms with Gasteiger partial charge in [0.2, 0.25) is 0 Å². The van der Waals surface area contributed by atoms with E-state index in [-0.39, 0.29) is 5.54 Å². The molecule has 1 aromatic heterocycles. The summed E-state index contributed by atoms with van der Waals surface area (Å²) >= 11 is 5.96. The van der Waals surface area contributed by atoms with Crippen LogP contribution in [0.15, 0.2) is 12.1 Å². The predicted molar refractivity (Wildman–Crippen MR) is 77.5 cm³/mol. The van der Waals surface area contributed by atoms with Crippen molar-refractivity contribution >= 4 is 17.4 Å². The molecular formula is C14H19ClN4. The minimum atomic E-state index is 0.228. The van der Waals surface area contributed by atoms with Crippen LogP contribution in [0.25, 0.3) is 0 Å². The second-order valence-corrected chi connectivity index (χ2v) is 5.86. The summed E-state index contributed by atoms with van der Waals surface area (Å²) in [5.41, 5.74) is 0.778. The molecule has 1 aliphatic rings. The smallest absolute Gasteiger partial charge is 0.132 e. The zero-order chi connectivity index (χ0) is 14.0. The third-order valence-electron chi connectivity index (χ3n) is 4.07. The van der Waals surface area contributed by atoms with Crippen LogP contribution in [0.4, 0.5) is 5.82 Å². The molecule has 0 unspecified atom stereocenters. The van der Waals surface area contributed by atoms with E-state index in [1.807, 2.05) is 7.05 Å². The number of anilines is 1. The molecule has 1 saturated carbocycles. The first-order chi connectivity index (χ1) is 8.97. The van der Waals surface area contributed by atoms with Crippen LogP contribution < -0.4 is 4.90 Å². The standard InChI is InChI=1S/C14H19ClN4/c1-18(2)14(5-4-6-14)10-19(3)13-8-11(9-16)7-12(15)17-13/h7-8H,4-6,10H2,1-3H3. The van der Waals surface area contributed by atoms with Crippen molar-refractivity contribution < 1.29 is 0 Å². The van der Waals surface area contributed by atoms with E-state index in [0.29, 0.717) is 10.7 Å². The van der Waals surface area contributed by atoms with Crippen molar-refractivity contribution in [2.24, 2.45) is 0 Å². The normalized spacial score (nSPS) is 16.8. The fourth-order valence-electron chi connectivity index (χ4n) is 2.60. The fraction of sp³-hybridized carbons (Fsp3) is 0.571. The summed E-state index contributed by atoms with van der Waals surface area (Å²) in [4.78, 5) is 8.69. The van der Waals surface area contributed by atoms with Crippen LogP contribution in [0, 0.1) is 11.3 Å². The van der Waals surface area contributed by atoms with Crippen molar-refractivity contribution in [2.45, 2.75) is 24.8 Å². The van der Waals surface area contributed by atoms with Crippen LogP contribution in [-0.2, 0) is 0 Å². The minimum Gasteiger partial charge on any atom is -0.358 e. The Labute approximate surface area is 119 Å². The lowest BCUT2D eigenvalue weighted by Crippen LogP contribution is -2.56. The van der Waals surface area contributed by atoms with Crippen molar-refractivity contribution in [2.75, 3.05) is 32.6 Å². The lowest BCUT2D eigenvalue weighted by atomic mass is 9.75. The monoisotopic (exact) mass is 278 g/mol. The summed E-state index contributed by atoms with van der Waals surface area (Å²) < 4.78 is 0. The highest BCUT2D eigenvalue weighted by molar-refractivity contribution is 6.29. The third-order valence-corrected chi connectivity index (χ3v) is 4.26. The van der Waals surface area contributed by atoms with Crippen LogP contribution in [0.3, 0.4) is 0 Å². The predicted octanol–water partition coefficient (Wildman–Crippen LogP) is 2.53. The fourth-order valence-corrected chi connectivity index (χ4v) is 2.80. The number of pyridine rings is 1. The average molecular weight is 279 g/mol. The van der Waals surface area contributed by atoms with Gasteiger partial charge in [-0.25, -0.2) is 4.98 Å². The van der Waals surface area contributed by atoms with Crippen LogP contribution in [0.1, 0.15) is 24.8 Å². The van der Waals surface area contributed by atoms with E-state index >= 15 is 0 Å². The molecule has 1 heterocycles. The molecule has 0 atom stereocenters. The highest BCUT2D eigenvalue weighted by atomic mass is 35.5. The molecular weight excluding hydrogens is 260 g/mol. The van der Waals surface area contributed by atoms with Crippen molar-refractivity contribution in [3.63, 3.8) is 0 Å². The van der Waals surface area contributed by atoms with Crippen molar-refractivity contribution in [3.8, 4) is 6.07 Å². The van der Waals surface area contributed by atoms with E-state index in [4.69, 9.17) is 16.9 Å². The molecule has 2 rings (SSSR count). The molecule has 0 amide bonds. The van der Waals surface area contributed by atoms with Gasteiger partial charge in [-0.05, 0) is 45.5 Å². The van der Waals surface area contributed by atoms with Crippen LogP contribution in [-0.4, -0.2) is 43.1 Å². The van der Waals surface area contributed by atoms with Gasteiger partial charge in [-0.2, -0.15) is 5.26 Å². The summed E-state index contributed by atoms with van der Waals surface area (Å²) in [6, 6.07) is 5.49. The van der Waals surface area contributed by atoms with Crippen molar-refractivity contribution in [1.82, 2.24) is 9.88 Å². The number of nitriles is 1. The van der Waals surface area contributed by atoms with Gasteiger partial charge in [-0.1, -0.05) is 11.6 Å². The van der Waals surface area contributed by atoms with Gasteiger partial charge in [0.1, 0.15) is 11.0 Å². The second-order valence-electron chi connectivity index (χ2n) is 5.48. The lowest BCUT2D eigenvalue weighted by Gasteiger charge is -2.49. The Bertz CT molecular complexity index is 503. The SMILES string of the molecule is CN(CC1(N(C)C)CCC1)c1cc(C#N)cc(Cl)n1. The van der Waals surface area contributed by atoms with Gasteiger partial charge in [0, 0.05) is 19.1 Å². The van der Waals surface area contributed by atoms with Gasteiger partial charge in [0.05, 0.1) is 11.6 Å². The van der Waals surface area contributed by atoms with Crippen LogP contribution in [0.2, 0.25) is 5.15 Å². The summed E-state index contributed by atoms with van der Waals surface area (Å²) in [6.07, 6.45) is 3.68. The molecule has 102 valence electrons. The molecule has 0 spiro atoms. The Kier molecular flexibility index (Phi) is 3.98. The molecule has 0 N–H and O–H groups in total. The average Bonchev–Trinajstić information content (AvgIpc) is 2.32. The summed E-state index contributed by atoms with van der Waals surface area (Å²) in [7, 11) is 6.25. The molecule has 1 aliphatic carbocycles. The quantitative estimate of drug-likeness (QED) is 0.794. The van der Waals surface area contributed by atoms with E-state index in [1.165, 1.54) is 19.3 Å². The van der Waals surface area contributed by atoms with Gasteiger partial charge >= 0.3 is 0 Å². The maximum Gasteiger partial charge on any atom is 0.132 e. The number of halogens is 1. The summed E-state index contributed by atoms with van der Waals surface area (Å²) in [6.45, 7) is 0.901. The van der Waals surface area contributed by atoms with Crippen molar-refractivity contribution in [3.05, 3.63) is 22.8 Å². The molecule has 0 aliphatic heterocycles. The third kappa shape index (κ3) is 2.83. The molecule has 0 saturated heterocycles. The van der Waals surface area contributed by atoms with Gasteiger partial charge < -0.3 is 9.80 Å². The molecule has 0 aromatic carbocycles. The van der Waals surface area contributed by atoms with E-state index in [2.05, 4.69) is 34.9 Å². The van der Waals surface area contributed by atoms with E-state index in [0.717, 1.165) is 12.4 Å². The first kappa shape index (κ1) is 14.1. The zero-order valence-corrected chi connectivity index (χ0v) is 12.4. The van der Waals surface area contributed by atoms with Gasteiger partial charge in [0.15, 0.2) is 0 Å². The lowest BCUT2D eigenvalue weighted by molar-refractivity contribution is 0.0682. The molecule has 0 bridgehead atoms. The topological polar surface area (TPSA) is 43.2 Å². The van der Waals surface area contributed by atoms with Crippen LogP contribution >= 0.6 is 11.6 Å². The minimum absolute atomic E-state index is 0.228. The van der Waals surface area contributed by atoms with E-state index in [1.54, 1.807) is 12.1 Å². The highest BCUT2D eigenvalue weighted by Gasteiger charge is 2.40. The van der Waals surface area contributed by atoms with Crippen molar-refractivity contribution in [1.29, 1.82) is 5.26 Å². The Balaban J connectivity index is 2.18. The highest BCUT2D eigenvalue weighted by Crippen LogP contribution is 2.37.